The molecule has 0 atom stereocenters. The van der Waals surface area contributed by atoms with Gasteiger partial charge < -0.3 is 21.1 Å². The fourth-order valence-electron chi connectivity index (χ4n) is 3.18. The van der Waals surface area contributed by atoms with Crippen molar-refractivity contribution in [3.8, 4) is 16.3 Å². The van der Waals surface area contributed by atoms with Crippen molar-refractivity contribution in [3.63, 3.8) is 0 Å². The van der Waals surface area contributed by atoms with Crippen LogP contribution in [0.1, 0.15) is 30.3 Å². The summed E-state index contributed by atoms with van der Waals surface area (Å²) in [6.45, 7) is 8.22. The van der Waals surface area contributed by atoms with E-state index in [1.165, 1.54) is 37.6 Å². The van der Waals surface area contributed by atoms with Gasteiger partial charge in [0.15, 0.2) is 0 Å². The van der Waals surface area contributed by atoms with E-state index >= 15 is 0 Å². The average molecular weight is 447 g/mol. The van der Waals surface area contributed by atoms with Crippen LogP contribution in [0.15, 0.2) is 34.5 Å². The van der Waals surface area contributed by atoms with Crippen LogP contribution in [0.3, 0.4) is 0 Å². The molecule has 2 aromatic rings. The van der Waals surface area contributed by atoms with Gasteiger partial charge in [-0.1, -0.05) is 0 Å². The Bertz CT molecular complexity index is 868. The minimum absolute atomic E-state index is 0.0575. The van der Waals surface area contributed by atoms with E-state index in [1.807, 2.05) is 38.1 Å². The van der Waals surface area contributed by atoms with Crippen molar-refractivity contribution in [2.75, 3.05) is 37.7 Å². The maximum absolute atomic E-state index is 5.91. The Hall–Kier alpha value is -2.10. The Morgan fingerprint density at radius 1 is 1.13 bits per heavy atom. The van der Waals surface area contributed by atoms with Crippen LogP contribution in [-0.2, 0) is 0 Å². The molecule has 0 saturated carbocycles. The average Bonchev–Trinajstić information content (AvgIpc) is 3.14. The monoisotopic (exact) mass is 446 g/mol. The number of thiazole rings is 1. The van der Waals surface area contributed by atoms with Crippen molar-refractivity contribution in [1.29, 1.82) is 0 Å². The molecule has 0 unspecified atom stereocenters. The van der Waals surface area contributed by atoms with Gasteiger partial charge in [-0.2, -0.15) is 16.9 Å². The fraction of sp³-hybridized carbons (Fsp3) is 0.476. The van der Waals surface area contributed by atoms with Crippen LogP contribution in [0.25, 0.3) is 10.6 Å². The van der Waals surface area contributed by atoms with Gasteiger partial charge in [-0.05, 0) is 57.5 Å². The summed E-state index contributed by atoms with van der Waals surface area (Å²) >= 11 is 3.63. The highest BCUT2D eigenvalue weighted by atomic mass is 32.2. The largest absolute Gasteiger partial charge is 0.494 e. The highest BCUT2D eigenvalue weighted by Gasteiger charge is 2.12. The first-order chi connectivity index (χ1) is 14.5. The number of ether oxygens (including phenoxy) is 1. The van der Waals surface area contributed by atoms with Gasteiger partial charge in [-0.25, -0.2) is 4.98 Å². The van der Waals surface area contributed by atoms with E-state index in [-0.39, 0.29) is 5.96 Å². The third-order valence-corrected chi connectivity index (χ3v) is 7.04. The van der Waals surface area contributed by atoms with E-state index in [4.69, 9.17) is 16.2 Å². The van der Waals surface area contributed by atoms with Crippen LogP contribution in [-0.4, -0.2) is 59.3 Å². The van der Waals surface area contributed by atoms with Gasteiger partial charge in [0.25, 0.3) is 0 Å². The number of aryl methyl sites for hydroxylation is 1. The first-order valence-electron chi connectivity index (χ1n) is 10.2. The number of hydrogen-bond acceptors (Lipinski definition) is 7. The van der Waals surface area contributed by atoms with Crippen LogP contribution >= 0.6 is 23.1 Å². The number of hydrogen-bond donors (Lipinski definition) is 2. The number of guanidine groups is 1. The van der Waals surface area contributed by atoms with Gasteiger partial charge in [0, 0.05) is 30.2 Å². The van der Waals surface area contributed by atoms with Crippen molar-refractivity contribution < 1.29 is 4.74 Å². The zero-order chi connectivity index (χ0) is 21.3. The number of aromatic nitrogens is 1. The Labute approximate surface area is 186 Å². The summed E-state index contributed by atoms with van der Waals surface area (Å²) in [4.78, 5) is 8.20. The van der Waals surface area contributed by atoms with Gasteiger partial charge in [-0.3, -0.25) is 0 Å². The van der Waals surface area contributed by atoms with Gasteiger partial charge in [-0.15, -0.1) is 16.4 Å². The Morgan fingerprint density at radius 3 is 2.57 bits per heavy atom. The lowest BCUT2D eigenvalue weighted by Crippen LogP contribution is -2.33. The first kappa shape index (κ1) is 22.6. The molecule has 0 amide bonds. The van der Waals surface area contributed by atoms with E-state index in [1.54, 1.807) is 11.3 Å². The molecule has 0 bridgehead atoms. The lowest BCUT2D eigenvalue weighted by molar-refractivity contribution is 0.265. The van der Waals surface area contributed by atoms with Crippen molar-refractivity contribution in [2.24, 2.45) is 21.7 Å². The van der Waals surface area contributed by atoms with E-state index in [2.05, 4.69) is 31.8 Å². The molecule has 9 heteroatoms. The van der Waals surface area contributed by atoms with E-state index in [0.29, 0.717) is 0 Å². The number of nitrogens with zero attached hydrogens (tertiary/aromatic N) is 4. The summed E-state index contributed by atoms with van der Waals surface area (Å²) in [5, 5.41) is 8.72. The molecule has 0 spiro atoms. The number of thioether (sulfide) groups is 1. The SMILES string of the molecule is C/C(=N\N=C(N)N)c1sc(-c2ccc(OCCCCN3CCSCC3)cc2)nc1C. The minimum Gasteiger partial charge on any atom is -0.494 e. The minimum atomic E-state index is -0.0575. The predicted molar refractivity (Wildman–Crippen MR) is 129 cm³/mol. The van der Waals surface area contributed by atoms with E-state index < -0.39 is 0 Å². The zero-order valence-electron chi connectivity index (χ0n) is 17.6. The summed E-state index contributed by atoms with van der Waals surface area (Å²) in [5.41, 5.74) is 13.4. The van der Waals surface area contributed by atoms with Crippen LogP contribution in [0, 0.1) is 6.92 Å². The molecule has 2 heterocycles. The quantitative estimate of drug-likeness (QED) is 0.265. The molecule has 1 aliphatic rings. The molecular weight excluding hydrogens is 416 g/mol. The number of rotatable bonds is 9. The van der Waals surface area contributed by atoms with Crippen LogP contribution in [0.2, 0.25) is 0 Å². The van der Waals surface area contributed by atoms with Crippen LogP contribution in [0.4, 0.5) is 0 Å². The molecule has 3 rings (SSSR count). The molecule has 0 aliphatic carbocycles. The normalized spacial score (nSPS) is 15.2. The summed E-state index contributed by atoms with van der Waals surface area (Å²) in [5.74, 6) is 3.38. The molecule has 1 fully saturated rings. The highest BCUT2D eigenvalue weighted by molar-refractivity contribution is 7.99. The fourth-order valence-corrected chi connectivity index (χ4v) is 5.17. The molecule has 30 heavy (non-hydrogen) atoms. The lowest BCUT2D eigenvalue weighted by atomic mass is 10.2. The number of benzene rings is 1. The molecule has 162 valence electrons. The Kier molecular flexibility index (Phi) is 8.53. The molecular formula is C21H30N6OS2. The summed E-state index contributed by atoms with van der Waals surface area (Å²) in [6.07, 6.45) is 2.26. The predicted octanol–water partition coefficient (Wildman–Crippen LogP) is 3.32. The molecule has 1 aliphatic heterocycles. The number of unbranched alkanes of at least 4 members (excludes halogenated alkanes) is 1. The molecule has 4 N–H and O–H groups in total. The maximum Gasteiger partial charge on any atom is 0.211 e. The summed E-state index contributed by atoms with van der Waals surface area (Å²) in [6, 6.07) is 8.11. The zero-order valence-corrected chi connectivity index (χ0v) is 19.3. The lowest BCUT2D eigenvalue weighted by Gasteiger charge is -2.25. The third-order valence-electron chi connectivity index (χ3n) is 4.78. The van der Waals surface area contributed by atoms with Gasteiger partial charge in [0.1, 0.15) is 10.8 Å². The Morgan fingerprint density at radius 2 is 1.87 bits per heavy atom. The van der Waals surface area contributed by atoms with Gasteiger partial charge in [0.05, 0.1) is 22.9 Å². The molecule has 7 nitrogen and oxygen atoms in total. The molecule has 1 saturated heterocycles. The van der Waals surface area contributed by atoms with Crippen LogP contribution < -0.4 is 16.2 Å². The standard InChI is InChI=1S/C21H30N6OS2/c1-15-19(16(2)25-26-21(22)23)30-20(24-15)17-5-7-18(8-6-17)28-12-4-3-9-27-10-13-29-14-11-27/h5-8H,3-4,9-14H2,1-2H3,(H4,22,23,26)/b25-16+. The molecule has 1 aromatic heterocycles. The van der Waals surface area contributed by atoms with Crippen molar-refractivity contribution in [2.45, 2.75) is 26.7 Å². The molecule has 0 radical (unpaired) electrons. The van der Waals surface area contributed by atoms with Crippen LogP contribution in [0.5, 0.6) is 5.75 Å². The third kappa shape index (κ3) is 6.72. The Balaban J connectivity index is 1.50. The first-order valence-corrected chi connectivity index (χ1v) is 12.1. The van der Waals surface area contributed by atoms with E-state index in [9.17, 15) is 0 Å². The maximum atomic E-state index is 5.91. The highest BCUT2D eigenvalue weighted by Crippen LogP contribution is 2.29. The summed E-state index contributed by atoms with van der Waals surface area (Å²) in [7, 11) is 0. The second kappa shape index (κ2) is 11.3. The van der Waals surface area contributed by atoms with Crippen molar-refractivity contribution in [1.82, 2.24) is 9.88 Å². The van der Waals surface area contributed by atoms with Gasteiger partial charge >= 0.3 is 0 Å². The van der Waals surface area contributed by atoms with Gasteiger partial charge in [0.2, 0.25) is 5.96 Å². The smallest absolute Gasteiger partial charge is 0.211 e. The molecule has 1 aromatic carbocycles. The second-order valence-electron chi connectivity index (χ2n) is 7.18. The second-order valence-corrected chi connectivity index (χ2v) is 9.40. The number of nitrogens with two attached hydrogens (primary N) is 2. The summed E-state index contributed by atoms with van der Waals surface area (Å²) < 4.78 is 5.91. The topological polar surface area (TPSA) is 102 Å². The van der Waals surface area contributed by atoms with Crippen molar-refractivity contribution >= 4 is 34.8 Å². The van der Waals surface area contributed by atoms with Crippen molar-refractivity contribution in [3.05, 3.63) is 34.8 Å². The van der Waals surface area contributed by atoms with E-state index in [0.717, 1.165) is 45.6 Å².